The van der Waals surface area contributed by atoms with Crippen LogP contribution in [0, 0.1) is 5.82 Å². The maximum Gasteiger partial charge on any atom is 0.265 e. The van der Waals surface area contributed by atoms with E-state index in [4.69, 9.17) is 9.47 Å². The third-order valence-corrected chi connectivity index (χ3v) is 3.19. The minimum atomic E-state index is -0.809. The molecule has 126 valence electrons. The van der Waals surface area contributed by atoms with E-state index in [2.05, 4.69) is 5.32 Å². The maximum atomic E-state index is 12.9. The average molecular weight is 331 g/mol. The average Bonchev–Trinajstić information content (AvgIpc) is 2.58. The topological polar surface area (TPSA) is 64.6 Å². The lowest BCUT2D eigenvalue weighted by Gasteiger charge is -2.17. The predicted molar refractivity (Wildman–Crippen MR) is 88.1 cm³/mol. The molecule has 6 heteroatoms. The van der Waals surface area contributed by atoms with Gasteiger partial charge in [-0.3, -0.25) is 9.59 Å². The van der Waals surface area contributed by atoms with E-state index in [1.165, 1.54) is 24.3 Å². The van der Waals surface area contributed by atoms with Crippen LogP contribution in [0.2, 0.25) is 0 Å². The SMILES string of the molecule is CCOc1cc(C=O)ccc1O[C@@H](C)C(=O)Nc1ccc(F)cc1. The smallest absolute Gasteiger partial charge is 0.265 e. The molecule has 2 aromatic carbocycles. The fourth-order valence-corrected chi connectivity index (χ4v) is 1.98. The van der Waals surface area contributed by atoms with Gasteiger partial charge in [0.25, 0.3) is 5.91 Å². The Kier molecular flexibility index (Phi) is 5.89. The Morgan fingerprint density at radius 3 is 2.54 bits per heavy atom. The minimum absolute atomic E-state index is 0.365. The van der Waals surface area contributed by atoms with E-state index >= 15 is 0 Å². The number of nitrogens with one attached hydrogen (secondary N) is 1. The summed E-state index contributed by atoms with van der Waals surface area (Å²) in [6, 6.07) is 10.1. The van der Waals surface area contributed by atoms with E-state index in [-0.39, 0.29) is 11.7 Å². The van der Waals surface area contributed by atoms with E-state index < -0.39 is 6.10 Å². The van der Waals surface area contributed by atoms with Crippen LogP contribution >= 0.6 is 0 Å². The highest BCUT2D eigenvalue weighted by Gasteiger charge is 2.17. The Hall–Kier alpha value is -2.89. The number of aldehydes is 1. The monoisotopic (exact) mass is 331 g/mol. The van der Waals surface area contributed by atoms with Crippen molar-refractivity contribution in [3.05, 3.63) is 53.8 Å². The molecule has 0 aromatic heterocycles. The zero-order valence-electron chi connectivity index (χ0n) is 13.4. The van der Waals surface area contributed by atoms with Crippen LogP contribution in [0.1, 0.15) is 24.2 Å². The second-order valence-corrected chi connectivity index (χ2v) is 5.01. The van der Waals surface area contributed by atoms with Gasteiger partial charge in [0.15, 0.2) is 17.6 Å². The lowest BCUT2D eigenvalue weighted by atomic mass is 10.2. The number of amides is 1. The molecule has 1 N–H and O–H groups in total. The molecule has 0 fully saturated rings. The third kappa shape index (κ3) is 4.55. The van der Waals surface area contributed by atoms with Gasteiger partial charge in [0.05, 0.1) is 6.61 Å². The van der Waals surface area contributed by atoms with Gasteiger partial charge in [0.1, 0.15) is 12.1 Å². The maximum absolute atomic E-state index is 12.9. The van der Waals surface area contributed by atoms with Crippen LogP contribution in [0.4, 0.5) is 10.1 Å². The van der Waals surface area contributed by atoms with E-state index in [0.717, 1.165) is 0 Å². The highest BCUT2D eigenvalue weighted by atomic mass is 19.1. The molecule has 0 aliphatic heterocycles. The summed E-state index contributed by atoms with van der Waals surface area (Å²) < 4.78 is 23.9. The van der Waals surface area contributed by atoms with Crippen LogP contribution in [0.15, 0.2) is 42.5 Å². The summed E-state index contributed by atoms with van der Waals surface area (Å²) in [5, 5.41) is 2.64. The molecule has 0 saturated heterocycles. The zero-order chi connectivity index (χ0) is 17.5. The molecule has 0 saturated carbocycles. The molecule has 0 heterocycles. The van der Waals surface area contributed by atoms with Crippen molar-refractivity contribution in [2.45, 2.75) is 20.0 Å². The first-order valence-electron chi connectivity index (χ1n) is 7.48. The molecule has 0 unspecified atom stereocenters. The summed E-state index contributed by atoms with van der Waals surface area (Å²) in [5.41, 5.74) is 0.924. The zero-order valence-corrected chi connectivity index (χ0v) is 13.4. The molecule has 0 radical (unpaired) electrons. The second kappa shape index (κ2) is 8.10. The van der Waals surface area contributed by atoms with Gasteiger partial charge in [-0.2, -0.15) is 0 Å². The van der Waals surface area contributed by atoms with Crippen LogP contribution in [0.3, 0.4) is 0 Å². The van der Waals surface area contributed by atoms with Crippen molar-refractivity contribution >= 4 is 17.9 Å². The predicted octanol–water partition coefficient (Wildman–Crippen LogP) is 3.44. The van der Waals surface area contributed by atoms with Gasteiger partial charge in [0, 0.05) is 11.3 Å². The van der Waals surface area contributed by atoms with Gasteiger partial charge in [-0.1, -0.05) is 0 Å². The quantitative estimate of drug-likeness (QED) is 0.789. The third-order valence-electron chi connectivity index (χ3n) is 3.19. The highest BCUT2D eigenvalue weighted by Crippen LogP contribution is 2.29. The fraction of sp³-hybridized carbons (Fsp3) is 0.222. The van der Waals surface area contributed by atoms with Gasteiger partial charge < -0.3 is 14.8 Å². The molecule has 5 nitrogen and oxygen atoms in total. The van der Waals surface area contributed by atoms with Crippen molar-refractivity contribution in [2.75, 3.05) is 11.9 Å². The number of carbonyl (C=O) groups excluding carboxylic acids is 2. The van der Waals surface area contributed by atoms with Crippen LogP contribution in [0.25, 0.3) is 0 Å². The lowest BCUT2D eigenvalue weighted by molar-refractivity contribution is -0.122. The summed E-state index contributed by atoms with van der Waals surface area (Å²) in [5.74, 6) is -0.00909. The Labute approximate surface area is 139 Å². The minimum Gasteiger partial charge on any atom is -0.490 e. The number of rotatable bonds is 7. The second-order valence-electron chi connectivity index (χ2n) is 5.01. The Bertz CT molecular complexity index is 715. The van der Waals surface area contributed by atoms with Gasteiger partial charge in [-0.05, 0) is 56.3 Å². The van der Waals surface area contributed by atoms with E-state index in [9.17, 15) is 14.0 Å². The van der Waals surface area contributed by atoms with Crippen LogP contribution in [-0.4, -0.2) is 24.9 Å². The van der Waals surface area contributed by atoms with Crippen molar-refractivity contribution in [1.82, 2.24) is 0 Å². The summed E-state index contributed by atoms with van der Waals surface area (Å²) >= 11 is 0. The van der Waals surface area contributed by atoms with Crippen LogP contribution in [0.5, 0.6) is 11.5 Å². The molecule has 0 bridgehead atoms. The van der Waals surface area contributed by atoms with Crippen LogP contribution < -0.4 is 14.8 Å². The lowest BCUT2D eigenvalue weighted by Crippen LogP contribution is -2.30. The molecule has 2 aromatic rings. The molecule has 24 heavy (non-hydrogen) atoms. The molecule has 0 aliphatic carbocycles. The Morgan fingerprint density at radius 1 is 1.21 bits per heavy atom. The van der Waals surface area contributed by atoms with E-state index in [1.807, 2.05) is 6.92 Å². The van der Waals surface area contributed by atoms with Gasteiger partial charge >= 0.3 is 0 Å². The summed E-state index contributed by atoms with van der Waals surface area (Å²) in [6.45, 7) is 3.79. The van der Waals surface area contributed by atoms with Crippen molar-refractivity contribution in [3.63, 3.8) is 0 Å². The number of anilines is 1. The molecular weight excluding hydrogens is 313 g/mol. The number of halogens is 1. The first-order valence-corrected chi connectivity index (χ1v) is 7.48. The molecular formula is C18H18FNO4. The molecule has 1 atom stereocenters. The summed E-state index contributed by atoms with van der Waals surface area (Å²) in [6.07, 6.45) is -0.104. The highest BCUT2D eigenvalue weighted by molar-refractivity contribution is 5.94. The standard InChI is InChI=1S/C18H18FNO4/c1-3-23-17-10-13(11-21)4-9-16(17)24-12(2)18(22)20-15-7-5-14(19)6-8-15/h4-12H,3H2,1-2H3,(H,20,22)/t12-/m0/s1. The van der Waals surface area contributed by atoms with Crippen LogP contribution in [-0.2, 0) is 4.79 Å². The number of benzene rings is 2. The van der Waals surface area contributed by atoms with E-state index in [1.54, 1.807) is 25.1 Å². The molecule has 0 spiro atoms. The fourth-order valence-electron chi connectivity index (χ4n) is 1.98. The molecule has 1 amide bonds. The van der Waals surface area contributed by atoms with Crippen molar-refractivity contribution in [1.29, 1.82) is 0 Å². The Morgan fingerprint density at radius 2 is 1.92 bits per heavy atom. The van der Waals surface area contributed by atoms with Gasteiger partial charge in [0.2, 0.25) is 0 Å². The number of ether oxygens (including phenoxy) is 2. The van der Waals surface area contributed by atoms with Crippen molar-refractivity contribution in [3.8, 4) is 11.5 Å². The molecule has 0 aliphatic rings. The van der Waals surface area contributed by atoms with E-state index in [0.29, 0.717) is 35.6 Å². The number of carbonyl (C=O) groups is 2. The first kappa shape index (κ1) is 17.5. The van der Waals surface area contributed by atoms with Gasteiger partial charge in [-0.25, -0.2) is 4.39 Å². The number of hydrogen-bond donors (Lipinski definition) is 1. The normalized spacial score (nSPS) is 11.5. The molecule has 2 rings (SSSR count). The largest absolute Gasteiger partial charge is 0.490 e. The van der Waals surface area contributed by atoms with Crippen molar-refractivity contribution in [2.24, 2.45) is 0 Å². The van der Waals surface area contributed by atoms with Gasteiger partial charge in [-0.15, -0.1) is 0 Å². The first-order chi connectivity index (χ1) is 11.5. The summed E-state index contributed by atoms with van der Waals surface area (Å²) in [7, 11) is 0. The Balaban J connectivity index is 2.07. The van der Waals surface area contributed by atoms with Crippen molar-refractivity contribution < 1.29 is 23.5 Å². The number of hydrogen-bond acceptors (Lipinski definition) is 4. The summed E-state index contributed by atoms with van der Waals surface area (Å²) in [4.78, 5) is 23.0.